The van der Waals surface area contributed by atoms with Gasteiger partial charge >= 0.3 is 0 Å². The van der Waals surface area contributed by atoms with Crippen molar-refractivity contribution in [3.05, 3.63) is 52.1 Å². The minimum Gasteiger partial charge on any atom is -0.379 e. The fourth-order valence-corrected chi connectivity index (χ4v) is 5.91. The van der Waals surface area contributed by atoms with Crippen LogP contribution in [0.25, 0.3) is 11.2 Å². The zero-order valence-electron chi connectivity index (χ0n) is 33.2. The average Bonchev–Trinajstić information content (AvgIpc) is 3.18. The number of thiol groups is 1. The second kappa shape index (κ2) is 22.7. The summed E-state index contributed by atoms with van der Waals surface area (Å²) >= 11 is 4.11. The number of carbonyl (C=O) groups excluding carboxylic acids is 6. The molecule has 0 aliphatic heterocycles. The lowest BCUT2D eigenvalue weighted by atomic mass is 9.94. The molecule has 1 aromatic carbocycles. The summed E-state index contributed by atoms with van der Waals surface area (Å²) in [4.78, 5) is 109. The molecule has 0 fully saturated rings. The highest BCUT2D eigenvalue weighted by atomic mass is 32.1. The van der Waals surface area contributed by atoms with Gasteiger partial charge < -0.3 is 38.5 Å². The van der Waals surface area contributed by atoms with Gasteiger partial charge in [-0.3, -0.25) is 43.5 Å². The Labute approximate surface area is 341 Å². The number of H-pyrrole nitrogens is 1. The Morgan fingerprint density at radius 3 is 2.12 bits per heavy atom. The molecule has 0 aliphatic rings. The number of aromatic amines is 1. The van der Waals surface area contributed by atoms with Crippen LogP contribution in [0, 0.1) is 11.8 Å². The molecular formula is C38H54N12O7S. The number of ketones is 3. The predicted molar refractivity (Wildman–Crippen MR) is 223 cm³/mol. The van der Waals surface area contributed by atoms with Crippen LogP contribution in [0.3, 0.4) is 0 Å². The van der Waals surface area contributed by atoms with Crippen LogP contribution in [0.4, 0.5) is 11.6 Å². The van der Waals surface area contributed by atoms with Crippen LogP contribution in [0.5, 0.6) is 0 Å². The Bertz CT molecular complexity index is 2020. The number of Topliss-reactive ketones (excluding diaryl/α,β-unsaturated/α-hetero) is 3. The molecule has 19 nitrogen and oxygen atoms in total. The van der Waals surface area contributed by atoms with Crippen LogP contribution in [0.2, 0.25) is 0 Å². The molecule has 0 radical (unpaired) electrons. The molecule has 0 saturated carbocycles. The number of guanidine groups is 1. The molecule has 3 amide bonds. The lowest BCUT2D eigenvalue weighted by Gasteiger charge is -2.23. The van der Waals surface area contributed by atoms with Gasteiger partial charge in [-0.1, -0.05) is 20.8 Å². The van der Waals surface area contributed by atoms with Crippen molar-refractivity contribution in [1.82, 2.24) is 35.9 Å². The Hall–Kier alpha value is -5.92. The van der Waals surface area contributed by atoms with Crippen LogP contribution >= 0.6 is 12.6 Å². The number of nitrogen functional groups attached to an aromatic ring is 1. The molecule has 5 atom stereocenters. The van der Waals surface area contributed by atoms with Gasteiger partial charge in [-0.25, -0.2) is 9.97 Å². The lowest BCUT2D eigenvalue weighted by molar-refractivity contribution is -0.134. The van der Waals surface area contributed by atoms with Gasteiger partial charge in [0, 0.05) is 48.9 Å². The van der Waals surface area contributed by atoms with E-state index in [0.717, 1.165) is 0 Å². The number of aromatic nitrogens is 4. The number of aliphatic imine (C=N–C) groups is 1. The summed E-state index contributed by atoms with van der Waals surface area (Å²) in [6, 6.07) is 3.89. The van der Waals surface area contributed by atoms with E-state index >= 15 is 0 Å². The first kappa shape index (κ1) is 46.5. The topological polar surface area (TPSA) is 312 Å². The first-order valence-electron chi connectivity index (χ1n) is 19.0. The number of hydrogen-bond donors (Lipinski definition) is 9. The summed E-state index contributed by atoms with van der Waals surface area (Å²) in [5, 5.41) is 11.3. The van der Waals surface area contributed by atoms with Crippen molar-refractivity contribution in [3.63, 3.8) is 0 Å². The van der Waals surface area contributed by atoms with Crippen LogP contribution in [-0.2, 0) is 30.5 Å². The van der Waals surface area contributed by atoms with Gasteiger partial charge in [0.05, 0.1) is 36.6 Å². The zero-order valence-corrected chi connectivity index (χ0v) is 34.1. The van der Waals surface area contributed by atoms with Crippen LogP contribution < -0.4 is 44.0 Å². The quantitative estimate of drug-likeness (QED) is 0.0263. The van der Waals surface area contributed by atoms with Gasteiger partial charge in [0.2, 0.25) is 17.8 Å². The first-order chi connectivity index (χ1) is 27.5. The number of nitrogens with one attached hydrogen (secondary N) is 5. The van der Waals surface area contributed by atoms with E-state index in [1.54, 1.807) is 52.0 Å². The van der Waals surface area contributed by atoms with E-state index in [1.165, 1.54) is 6.20 Å². The lowest BCUT2D eigenvalue weighted by Crippen LogP contribution is -2.47. The molecule has 3 aromatic rings. The zero-order chi connectivity index (χ0) is 42.9. The van der Waals surface area contributed by atoms with Gasteiger partial charge in [0.1, 0.15) is 0 Å². The summed E-state index contributed by atoms with van der Waals surface area (Å²) < 4.78 is 0. The third kappa shape index (κ3) is 14.5. The van der Waals surface area contributed by atoms with Gasteiger partial charge in [-0.2, -0.15) is 17.6 Å². The summed E-state index contributed by atoms with van der Waals surface area (Å²) in [6.45, 7) is 6.85. The molecule has 20 heteroatoms. The van der Waals surface area contributed by atoms with Crippen molar-refractivity contribution in [3.8, 4) is 0 Å². The number of nitrogens with zero attached hydrogens (tertiary/aromatic N) is 4. The van der Waals surface area contributed by atoms with E-state index in [4.69, 9.17) is 17.2 Å². The molecule has 2 heterocycles. The van der Waals surface area contributed by atoms with Crippen LogP contribution in [-0.4, -0.2) is 91.4 Å². The number of hydrogen-bond acceptors (Lipinski definition) is 14. The van der Waals surface area contributed by atoms with Gasteiger partial charge in [0.25, 0.3) is 11.5 Å². The van der Waals surface area contributed by atoms with Gasteiger partial charge in [0.15, 0.2) is 34.5 Å². The van der Waals surface area contributed by atoms with E-state index in [2.05, 4.69) is 58.8 Å². The first-order valence-corrected chi connectivity index (χ1v) is 19.7. The number of carbonyl (C=O) groups is 6. The number of benzene rings is 1. The van der Waals surface area contributed by atoms with Crippen molar-refractivity contribution < 1.29 is 28.8 Å². The summed E-state index contributed by atoms with van der Waals surface area (Å²) in [5.74, 6) is -3.72. The van der Waals surface area contributed by atoms with Gasteiger partial charge in [-0.15, -0.1) is 0 Å². The molecule has 0 aliphatic carbocycles. The third-order valence-corrected chi connectivity index (χ3v) is 9.51. The SMILES string of the molecule is CC[C@H](NC(=O)c1ccc(NCc2cnc3nc(N)[nH]c(=O)c3n2)cc1)C(=O)C[C@@H](C)C(=O)N[C@@H](CCCN=C(N)N)C(=O)C[C@@H](C)C(=O)N[C@@H](C)C(=O)CCCS. The molecule has 0 unspecified atom stereocenters. The molecule has 2 aromatic heterocycles. The Morgan fingerprint density at radius 2 is 1.50 bits per heavy atom. The maximum atomic E-state index is 13.4. The molecule has 314 valence electrons. The monoisotopic (exact) mass is 822 g/mol. The maximum absolute atomic E-state index is 13.4. The van der Waals surface area contributed by atoms with E-state index in [-0.39, 0.29) is 79.8 Å². The summed E-state index contributed by atoms with van der Waals surface area (Å²) in [5.41, 5.74) is 17.5. The molecule has 58 heavy (non-hydrogen) atoms. The molecule has 0 saturated heterocycles. The highest BCUT2D eigenvalue weighted by Gasteiger charge is 2.30. The van der Waals surface area contributed by atoms with Crippen molar-refractivity contribution >= 4 is 76.5 Å². The maximum Gasteiger partial charge on any atom is 0.280 e. The second-order valence-corrected chi connectivity index (χ2v) is 14.5. The predicted octanol–water partition coefficient (Wildman–Crippen LogP) is 0.929. The second-order valence-electron chi connectivity index (χ2n) is 14.0. The number of anilines is 2. The van der Waals surface area contributed by atoms with E-state index < -0.39 is 59.0 Å². The smallest absolute Gasteiger partial charge is 0.280 e. The summed E-state index contributed by atoms with van der Waals surface area (Å²) in [6.07, 6.45) is 2.68. The minimum absolute atomic E-state index is 0.0518. The normalized spacial score (nSPS) is 13.6. The highest BCUT2D eigenvalue weighted by Crippen LogP contribution is 2.15. The molecule has 0 spiro atoms. The van der Waals surface area contributed by atoms with Crippen molar-refractivity contribution in [2.75, 3.05) is 23.3 Å². The molecular weight excluding hydrogens is 769 g/mol. The van der Waals surface area contributed by atoms with Crippen molar-refractivity contribution in [1.29, 1.82) is 0 Å². The van der Waals surface area contributed by atoms with E-state index in [0.29, 0.717) is 35.5 Å². The molecule has 0 bridgehead atoms. The van der Waals surface area contributed by atoms with Crippen molar-refractivity contribution in [2.45, 2.75) is 97.3 Å². The number of fused-ring (bicyclic) bond motifs is 1. The fourth-order valence-electron chi connectivity index (χ4n) is 5.75. The molecule has 11 N–H and O–H groups in total. The van der Waals surface area contributed by atoms with Gasteiger partial charge in [-0.05, 0) is 62.6 Å². The third-order valence-electron chi connectivity index (χ3n) is 9.19. The number of amides is 3. The summed E-state index contributed by atoms with van der Waals surface area (Å²) in [7, 11) is 0. The Balaban J connectivity index is 1.56. The minimum atomic E-state index is -0.995. The largest absolute Gasteiger partial charge is 0.379 e. The van der Waals surface area contributed by atoms with Crippen LogP contribution in [0.1, 0.15) is 88.7 Å². The van der Waals surface area contributed by atoms with E-state index in [1.807, 2.05) is 0 Å². The molecule has 3 rings (SSSR count). The Kier molecular flexibility index (Phi) is 18.2. The van der Waals surface area contributed by atoms with E-state index in [9.17, 15) is 33.6 Å². The van der Waals surface area contributed by atoms with Crippen LogP contribution in [0.15, 0.2) is 40.2 Å². The fraction of sp³-hybridized carbons (Fsp3) is 0.500. The average molecular weight is 823 g/mol. The van der Waals surface area contributed by atoms with Crippen molar-refractivity contribution in [2.24, 2.45) is 28.3 Å². The standard InChI is InChI=1S/C38H54N12O7S/c1-5-26(47-35(56)23-10-12-24(13-11-23)43-18-25-19-44-32-31(46-25)36(57)50-38(41)49-32)29(52)16-21(3)34(55)48-27(8-6-14-42-37(39)40)30(53)17-20(2)33(54)45-22(4)28(51)9-7-15-58/h10-13,19-22,26-27,43,58H,5-9,14-18H2,1-4H3,(H,45,54)(H,47,56)(H,48,55)(H4,39,40,42)(H3,41,44,49,50,57)/t20-,21-,22+,26+,27+/m1/s1. The number of nitrogens with two attached hydrogens (primary N) is 3. The number of rotatable bonds is 24. The highest BCUT2D eigenvalue weighted by molar-refractivity contribution is 7.80. The Morgan fingerprint density at radius 1 is 0.862 bits per heavy atom.